The van der Waals surface area contributed by atoms with Crippen LogP contribution in [-0.4, -0.2) is 21.9 Å². The number of nitrogens with one attached hydrogen (secondary N) is 2. The van der Waals surface area contributed by atoms with Gasteiger partial charge in [0.05, 0.1) is 11.9 Å². The minimum Gasteiger partial charge on any atom is -0.508 e. The zero-order chi connectivity index (χ0) is 18.5. The van der Waals surface area contributed by atoms with E-state index >= 15 is 0 Å². The number of nitrogens with zero attached hydrogens (tertiary/aromatic N) is 2. The van der Waals surface area contributed by atoms with Gasteiger partial charge >= 0.3 is 6.03 Å². The molecule has 26 heavy (non-hydrogen) atoms. The summed E-state index contributed by atoms with van der Waals surface area (Å²) in [6.07, 6.45) is 3.44. The number of urea groups is 1. The highest BCUT2D eigenvalue weighted by Gasteiger charge is 2.03. The van der Waals surface area contributed by atoms with Crippen molar-refractivity contribution >= 4 is 17.9 Å². The number of aromatic nitrogens is 1. The number of carbonyl (C=O) groups excluding carboxylic acids is 1. The number of aromatic hydroxyl groups is 1. The lowest BCUT2D eigenvalue weighted by Crippen LogP contribution is -2.24. The Labute approximate surface area is 151 Å². The maximum Gasteiger partial charge on any atom is 0.339 e. The number of phenols is 1. The first-order valence-electron chi connectivity index (χ1n) is 8.16. The van der Waals surface area contributed by atoms with Crippen LogP contribution in [0.25, 0.3) is 5.69 Å². The Morgan fingerprint density at radius 3 is 2.46 bits per heavy atom. The SMILES string of the molecule is Cc1cc(C)cc(NC(=O)N/N=C/c2cccn2-c2ccc(O)cc2)c1. The summed E-state index contributed by atoms with van der Waals surface area (Å²) in [5.74, 6) is 0.209. The molecule has 132 valence electrons. The molecule has 0 aliphatic heterocycles. The minimum atomic E-state index is -0.408. The topological polar surface area (TPSA) is 78.7 Å². The van der Waals surface area contributed by atoms with E-state index in [1.54, 1.807) is 30.5 Å². The zero-order valence-electron chi connectivity index (χ0n) is 14.6. The molecule has 0 aliphatic carbocycles. The zero-order valence-corrected chi connectivity index (χ0v) is 14.6. The van der Waals surface area contributed by atoms with E-state index < -0.39 is 6.03 Å². The lowest BCUT2D eigenvalue weighted by atomic mass is 10.1. The average molecular weight is 348 g/mol. The van der Waals surface area contributed by atoms with Gasteiger partial charge in [-0.1, -0.05) is 6.07 Å². The van der Waals surface area contributed by atoms with Crippen molar-refractivity contribution in [2.45, 2.75) is 13.8 Å². The first-order chi connectivity index (χ1) is 12.5. The van der Waals surface area contributed by atoms with Crippen molar-refractivity contribution in [3.05, 3.63) is 77.6 Å². The van der Waals surface area contributed by atoms with Gasteiger partial charge in [-0.15, -0.1) is 0 Å². The summed E-state index contributed by atoms with van der Waals surface area (Å²) < 4.78 is 1.90. The molecule has 2 aromatic carbocycles. The number of hydrogen-bond acceptors (Lipinski definition) is 3. The van der Waals surface area contributed by atoms with E-state index in [2.05, 4.69) is 15.8 Å². The van der Waals surface area contributed by atoms with E-state index in [0.29, 0.717) is 0 Å². The lowest BCUT2D eigenvalue weighted by molar-refractivity contribution is 0.252. The number of anilines is 1. The number of hydrazone groups is 1. The number of amides is 2. The molecule has 0 bridgehead atoms. The van der Waals surface area contributed by atoms with Gasteiger partial charge in [0.2, 0.25) is 0 Å². The molecule has 0 saturated carbocycles. The Balaban J connectivity index is 1.65. The van der Waals surface area contributed by atoms with Crippen molar-refractivity contribution in [2.75, 3.05) is 5.32 Å². The third-order valence-corrected chi connectivity index (χ3v) is 3.75. The second-order valence-electron chi connectivity index (χ2n) is 6.02. The van der Waals surface area contributed by atoms with Crippen LogP contribution < -0.4 is 10.7 Å². The fourth-order valence-corrected chi connectivity index (χ4v) is 2.71. The van der Waals surface area contributed by atoms with Gasteiger partial charge in [0.25, 0.3) is 0 Å². The molecule has 3 aromatic rings. The first kappa shape index (κ1) is 17.3. The van der Waals surface area contributed by atoms with Gasteiger partial charge in [-0.2, -0.15) is 5.10 Å². The van der Waals surface area contributed by atoms with Gasteiger partial charge in [-0.25, -0.2) is 10.2 Å². The van der Waals surface area contributed by atoms with E-state index in [1.807, 2.05) is 54.9 Å². The highest BCUT2D eigenvalue weighted by Crippen LogP contribution is 2.16. The molecule has 0 saturated heterocycles. The molecule has 6 heteroatoms. The molecule has 2 amide bonds. The molecular formula is C20H20N4O2. The normalized spacial score (nSPS) is 10.8. The maximum atomic E-state index is 12.0. The van der Waals surface area contributed by atoms with Gasteiger partial charge in [0, 0.05) is 17.6 Å². The molecule has 0 aliphatic rings. The Bertz CT molecular complexity index is 922. The van der Waals surface area contributed by atoms with E-state index in [4.69, 9.17) is 0 Å². The van der Waals surface area contributed by atoms with E-state index in [9.17, 15) is 9.90 Å². The second-order valence-corrected chi connectivity index (χ2v) is 6.02. The van der Waals surface area contributed by atoms with E-state index in [-0.39, 0.29) is 5.75 Å². The largest absolute Gasteiger partial charge is 0.508 e. The lowest BCUT2D eigenvalue weighted by Gasteiger charge is -2.07. The molecule has 0 radical (unpaired) electrons. The minimum absolute atomic E-state index is 0.209. The van der Waals surface area contributed by atoms with E-state index in [0.717, 1.165) is 28.2 Å². The Morgan fingerprint density at radius 2 is 1.77 bits per heavy atom. The van der Waals surface area contributed by atoms with Crippen LogP contribution in [0.5, 0.6) is 5.75 Å². The van der Waals surface area contributed by atoms with Gasteiger partial charge in [-0.05, 0) is 73.5 Å². The first-order valence-corrected chi connectivity index (χ1v) is 8.16. The summed E-state index contributed by atoms with van der Waals surface area (Å²) in [6.45, 7) is 3.96. The average Bonchev–Trinajstić information content (AvgIpc) is 3.03. The quantitative estimate of drug-likeness (QED) is 0.493. The van der Waals surface area contributed by atoms with Gasteiger partial charge in [0.15, 0.2) is 0 Å². The van der Waals surface area contributed by atoms with Crippen molar-refractivity contribution in [3.8, 4) is 11.4 Å². The van der Waals surface area contributed by atoms with Crippen LogP contribution in [0.4, 0.5) is 10.5 Å². The van der Waals surface area contributed by atoms with E-state index in [1.165, 1.54) is 0 Å². The number of phenolic OH excluding ortho intramolecular Hbond substituents is 1. The van der Waals surface area contributed by atoms with Crippen LogP contribution in [0.3, 0.4) is 0 Å². The molecule has 3 N–H and O–H groups in total. The van der Waals surface area contributed by atoms with Crippen LogP contribution >= 0.6 is 0 Å². The van der Waals surface area contributed by atoms with Crippen molar-refractivity contribution in [2.24, 2.45) is 5.10 Å². The highest BCUT2D eigenvalue weighted by molar-refractivity contribution is 5.90. The number of carbonyl (C=O) groups is 1. The fraction of sp³-hybridized carbons (Fsp3) is 0.100. The third-order valence-electron chi connectivity index (χ3n) is 3.75. The standard InChI is InChI=1S/C20H20N4O2/c1-14-10-15(2)12-16(11-14)22-20(26)23-21-13-18-4-3-9-24(18)17-5-7-19(25)8-6-17/h3-13,25H,1-2H3,(H2,22,23,26)/b21-13+. The van der Waals surface area contributed by atoms with Crippen LogP contribution in [0.15, 0.2) is 65.9 Å². The third kappa shape index (κ3) is 4.30. The van der Waals surface area contributed by atoms with Gasteiger partial charge < -0.3 is 15.0 Å². The molecular weight excluding hydrogens is 328 g/mol. The summed E-state index contributed by atoms with van der Waals surface area (Å²) in [4.78, 5) is 12.0. The number of rotatable bonds is 4. The molecule has 1 aromatic heterocycles. The smallest absolute Gasteiger partial charge is 0.339 e. The van der Waals surface area contributed by atoms with Crippen LogP contribution in [0.2, 0.25) is 0 Å². The predicted octanol–water partition coefficient (Wildman–Crippen LogP) is 3.96. The van der Waals surface area contributed by atoms with Crippen molar-refractivity contribution in [1.29, 1.82) is 0 Å². The molecule has 0 fully saturated rings. The van der Waals surface area contributed by atoms with Crippen LogP contribution in [0.1, 0.15) is 16.8 Å². The second kappa shape index (κ2) is 7.57. The van der Waals surface area contributed by atoms with Gasteiger partial charge in [-0.3, -0.25) is 0 Å². The monoisotopic (exact) mass is 348 g/mol. The number of benzene rings is 2. The molecule has 0 unspecified atom stereocenters. The van der Waals surface area contributed by atoms with Crippen LogP contribution in [-0.2, 0) is 0 Å². The Kier molecular flexibility index (Phi) is 5.03. The highest BCUT2D eigenvalue weighted by atomic mass is 16.3. The predicted molar refractivity (Wildman–Crippen MR) is 103 cm³/mol. The summed E-state index contributed by atoms with van der Waals surface area (Å²) in [7, 11) is 0. The summed E-state index contributed by atoms with van der Waals surface area (Å²) in [5, 5.41) is 16.2. The molecule has 6 nitrogen and oxygen atoms in total. The number of aryl methyl sites for hydroxylation is 2. The molecule has 0 spiro atoms. The molecule has 0 atom stereocenters. The van der Waals surface area contributed by atoms with Crippen molar-refractivity contribution < 1.29 is 9.90 Å². The Morgan fingerprint density at radius 1 is 1.08 bits per heavy atom. The summed E-state index contributed by atoms with van der Waals surface area (Å²) in [6, 6.07) is 16.0. The molecule has 1 heterocycles. The summed E-state index contributed by atoms with van der Waals surface area (Å²) >= 11 is 0. The Hall–Kier alpha value is -3.54. The van der Waals surface area contributed by atoms with Crippen molar-refractivity contribution in [3.63, 3.8) is 0 Å². The number of hydrogen-bond donors (Lipinski definition) is 3. The molecule has 3 rings (SSSR count). The van der Waals surface area contributed by atoms with Gasteiger partial charge in [0.1, 0.15) is 5.75 Å². The van der Waals surface area contributed by atoms with Crippen molar-refractivity contribution in [1.82, 2.24) is 9.99 Å². The summed E-state index contributed by atoms with van der Waals surface area (Å²) in [5.41, 5.74) is 7.02. The van der Waals surface area contributed by atoms with Crippen LogP contribution in [0, 0.1) is 13.8 Å². The fourth-order valence-electron chi connectivity index (χ4n) is 2.71. The maximum absolute atomic E-state index is 12.0.